The molecule has 0 saturated carbocycles. The molecule has 0 aromatic carbocycles. The average molecular weight is 444 g/mol. The van der Waals surface area contributed by atoms with Crippen molar-refractivity contribution in [2.24, 2.45) is 17.8 Å². The number of aliphatic hydroxyl groups excluding tert-OH is 3. The quantitative estimate of drug-likeness (QED) is 0.159. The summed E-state index contributed by atoms with van der Waals surface area (Å²) < 4.78 is 0. The second-order valence-corrected chi connectivity index (χ2v) is 10.2. The van der Waals surface area contributed by atoms with Crippen LogP contribution in [0.4, 0.5) is 0 Å². The number of hydrogen-bond acceptors (Lipinski definition) is 4. The van der Waals surface area contributed by atoms with Gasteiger partial charge < -0.3 is 20.2 Å². The van der Waals surface area contributed by atoms with Gasteiger partial charge in [-0.1, -0.05) is 97.8 Å². The van der Waals surface area contributed by atoms with Crippen molar-refractivity contribution in [3.63, 3.8) is 0 Å². The van der Waals surface area contributed by atoms with Crippen molar-refractivity contribution in [3.8, 4) is 0 Å². The van der Waals surface area contributed by atoms with Crippen LogP contribution < -0.4 is 0 Å². The lowest BCUT2D eigenvalue weighted by Crippen LogP contribution is -2.35. The Bertz CT molecular complexity index is 341. The van der Waals surface area contributed by atoms with Crippen molar-refractivity contribution in [3.05, 3.63) is 0 Å². The smallest absolute Gasteiger partial charge is 0.0468 e. The Labute approximate surface area is 194 Å². The Balaban J connectivity index is 3.68. The van der Waals surface area contributed by atoms with Gasteiger partial charge in [-0.05, 0) is 43.6 Å². The van der Waals surface area contributed by atoms with Crippen LogP contribution in [0.1, 0.15) is 117 Å². The lowest BCUT2D eigenvalue weighted by molar-refractivity contribution is 0.135. The van der Waals surface area contributed by atoms with Gasteiger partial charge >= 0.3 is 0 Å². The number of rotatable bonds is 24. The zero-order valence-electron chi connectivity index (χ0n) is 21.4. The number of hydrogen-bond donors (Lipinski definition) is 3. The molecule has 0 spiro atoms. The highest BCUT2D eigenvalue weighted by Gasteiger charge is 2.13. The van der Waals surface area contributed by atoms with Gasteiger partial charge in [-0.2, -0.15) is 0 Å². The SMILES string of the molecule is CCCCCCCCC(CO)CCCCCCCCCN(CC(C)CO)CC(C)CO. The fraction of sp³-hybridized carbons (Fsp3) is 1.00. The summed E-state index contributed by atoms with van der Waals surface area (Å²) in [7, 11) is 0. The molecule has 0 aromatic heterocycles. The van der Waals surface area contributed by atoms with Gasteiger partial charge in [0.1, 0.15) is 0 Å². The van der Waals surface area contributed by atoms with Crippen molar-refractivity contribution in [1.29, 1.82) is 0 Å². The van der Waals surface area contributed by atoms with E-state index in [0.717, 1.165) is 19.6 Å². The third-order valence-corrected chi connectivity index (χ3v) is 6.57. The van der Waals surface area contributed by atoms with E-state index >= 15 is 0 Å². The molecule has 4 heteroatoms. The summed E-state index contributed by atoms with van der Waals surface area (Å²) in [5, 5.41) is 28.3. The molecule has 0 amide bonds. The normalized spacial score (nSPS) is 14.8. The summed E-state index contributed by atoms with van der Waals surface area (Å²) in [6, 6.07) is 0. The van der Waals surface area contributed by atoms with Crippen LogP contribution >= 0.6 is 0 Å². The van der Waals surface area contributed by atoms with Crippen LogP contribution in [0.2, 0.25) is 0 Å². The highest BCUT2D eigenvalue weighted by Crippen LogP contribution is 2.19. The molecular formula is C27H57NO3. The predicted molar refractivity (Wildman–Crippen MR) is 134 cm³/mol. The monoisotopic (exact) mass is 443 g/mol. The molecule has 3 atom stereocenters. The molecule has 0 saturated heterocycles. The topological polar surface area (TPSA) is 63.9 Å². The van der Waals surface area contributed by atoms with Crippen LogP contribution in [-0.4, -0.2) is 59.7 Å². The lowest BCUT2D eigenvalue weighted by Gasteiger charge is -2.27. The molecule has 0 aliphatic heterocycles. The molecule has 0 radical (unpaired) electrons. The summed E-state index contributed by atoms with van der Waals surface area (Å²) in [6.07, 6.45) is 19.5. The van der Waals surface area contributed by atoms with Crippen molar-refractivity contribution in [2.45, 2.75) is 117 Å². The van der Waals surface area contributed by atoms with E-state index < -0.39 is 0 Å². The summed E-state index contributed by atoms with van der Waals surface area (Å²) >= 11 is 0. The van der Waals surface area contributed by atoms with E-state index in [1.807, 2.05) is 0 Å². The van der Waals surface area contributed by atoms with Crippen LogP contribution in [0.25, 0.3) is 0 Å². The first-order valence-electron chi connectivity index (χ1n) is 13.6. The Morgan fingerprint density at radius 1 is 0.548 bits per heavy atom. The Morgan fingerprint density at radius 2 is 0.968 bits per heavy atom. The second-order valence-electron chi connectivity index (χ2n) is 10.2. The van der Waals surface area contributed by atoms with Gasteiger partial charge in [-0.3, -0.25) is 0 Å². The van der Waals surface area contributed by atoms with Gasteiger partial charge in [0.2, 0.25) is 0 Å². The minimum absolute atomic E-state index is 0.236. The third-order valence-electron chi connectivity index (χ3n) is 6.57. The Kier molecular flexibility index (Phi) is 22.9. The summed E-state index contributed by atoms with van der Waals surface area (Å²) in [5.74, 6) is 1.13. The van der Waals surface area contributed by atoms with E-state index in [2.05, 4.69) is 25.7 Å². The molecule has 0 aliphatic rings. The van der Waals surface area contributed by atoms with Gasteiger partial charge in [0.25, 0.3) is 0 Å². The highest BCUT2D eigenvalue weighted by atomic mass is 16.3. The Morgan fingerprint density at radius 3 is 1.39 bits per heavy atom. The van der Waals surface area contributed by atoms with Gasteiger partial charge in [-0.25, -0.2) is 0 Å². The first-order chi connectivity index (χ1) is 15.1. The molecule has 3 unspecified atom stereocenters. The maximum atomic E-state index is 9.62. The first-order valence-corrected chi connectivity index (χ1v) is 13.6. The van der Waals surface area contributed by atoms with E-state index in [0.29, 0.717) is 24.4 Å². The van der Waals surface area contributed by atoms with E-state index in [9.17, 15) is 15.3 Å². The standard InChI is InChI=1S/C27H57NO3/c1-4-5-6-7-11-14-17-27(24-31)18-15-12-9-8-10-13-16-19-28(20-25(2)22-29)21-26(3)23-30/h25-27,29-31H,4-24H2,1-3H3. The molecule has 0 rings (SSSR count). The number of aliphatic hydroxyl groups is 3. The van der Waals surface area contributed by atoms with Crippen molar-refractivity contribution in [2.75, 3.05) is 39.5 Å². The van der Waals surface area contributed by atoms with Gasteiger partial charge in [-0.15, -0.1) is 0 Å². The van der Waals surface area contributed by atoms with Gasteiger partial charge in [0, 0.05) is 32.9 Å². The Hall–Kier alpha value is -0.160. The molecule has 31 heavy (non-hydrogen) atoms. The maximum Gasteiger partial charge on any atom is 0.0468 e. The van der Waals surface area contributed by atoms with Crippen molar-refractivity contribution in [1.82, 2.24) is 4.90 Å². The van der Waals surface area contributed by atoms with E-state index in [-0.39, 0.29) is 13.2 Å². The molecule has 188 valence electrons. The minimum atomic E-state index is 0.236. The second kappa shape index (κ2) is 23.0. The lowest BCUT2D eigenvalue weighted by atomic mass is 9.95. The fourth-order valence-corrected chi connectivity index (χ4v) is 4.45. The fourth-order valence-electron chi connectivity index (χ4n) is 4.45. The molecule has 4 nitrogen and oxygen atoms in total. The number of nitrogens with zero attached hydrogens (tertiary/aromatic N) is 1. The molecular weight excluding hydrogens is 386 g/mol. The zero-order chi connectivity index (χ0) is 23.2. The maximum absolute atomic E-state index is 9.62. The highest BCUT2D eigenvalue weighted by molar-refractivity contribution is 4.66. The van der Waals surface area contributed by atoms with Gasteiger partial charge in [0.15, 0.2) is 0 Å². The van der Waals surface area contributed by atoms with Crippen LogP contribution in [0, 0.1) is 17.8 Å². The van der Waals surface area contributed by atoms with E-state index in [1.165, 1.54) is 96.3 Å². The van der Waals surface area contributed by atoms with Crippen LogP contribution in [0.15, 0.2) is 0 Å². The molecule has 0 fully saturated rings. The van der Waals surface area contributed by atoms with E-state index in [1.54, 1.807) is 0 Å². The molecule has 0 bridgehead atoms. The summed E-state index contributed by atoms with van der Waals surface area (Å²) in [4.78, 5) is 2.42. The van der Waals surface area contributed by atoms with E-state index in [4.69, 9.17) is 0 Å². The number of unbranched alkanes of at least 4 members (excludes halogenated alkanes) is 11. The van der Waals surface area contributed by atoms with Crippen LogP contribution in [0.5, 0.6) is 0 Å². The summed E-state index contributed by atoms with van der Waals surface area (Å²) in [5.41, 5.74) is 0. The zero-order valence-corrected chi connectivity index (χ0v) is 21.4. The van der Waals surface area contributed by atoms with Crippen LogP contribution in [0.3, 0.4) is 0 Å². The molecule has 0 aromatic rings. The first kappa shape index (κ1) is 30.8. The average Bonchev–Trinajstić information content (AvgIpc) is 2.78. The van der Waals surface area contributed by atoms with Crippen molar-refractivity contribution < 1.29 is 15.3 Å². The van der Waals surface area contributed by atoms with Crippen LogP contribution in [-0.2, 0) is 0 Å². The predicted octanol–water partition coefficient (Wildman–Crippen LogP) is 6.03. The largest absolute Gasteiger partial charge is 0.396 e. The summed E-state index contributed by atoms with van der Waals surface area (Å²) in [6.45, 7) is 10.2. The molecule has 3 N–H and O–H groups in total. The van der Waals surface area contributed by atoms with Gasteiger partial charge in [0.05, 0.1) is 0 Å². The molecule has 0 aliphatic carbocycles. The van der Waals surface area contributed by atoms with Crippen molar-refractivity contribution >= 4 is 0 Å². The minimum Gasteiger partial charge on any atom is -0.396 e. The molecule has 0 heterocycles. The third kappa shape index (κ3) is 20.2.